The van der Waals surface area contributed by atoms with E-state index in [0.29, 0.717) is 6.42 Å². The van der Waals surface area contributed by atoms with Crippen LogP contribution < -0.4 is 11.1 Å². The van der Waals surface area contributed by atoms with Crippen molar-refractivity contribution in [1.29, 1.82) is 0 Å². The van der Waals surface area contributed by atoms with Crippen LogP contribution in [0.2, 0.25) is 0 Å². The second kappa shape index (κ2) is 8.00. The Bertz CT molecular complexity index is 443. The lowest BCUT2D eigenvalue weighted by Crippen LogP contribution is -2.39. The topological polar surface area (TPSA) is 73.9 Å². The van der Waals surface area contributed by atoms with E-state index < -0.39 is 0 Å². The maximum Gasteiger partial charge on any atom is 0.141 e. The summed E-state index contributed by atoms with van der Waals surface area (Å²) in [4.78, 5) is 2.18. The molecule has 0 fully saturated rings. The van der Waals surface area contributed by atoms with Crippen LogP contribution in [0.3, 0.4) is 0 Å². The van der Waals surface area contributed by atoms with Crippen molar-refractivity contribution in [1.82, 2.24) is 10.2 Å². The molecule has 0 heterocycles. The molecule has 118 valence electrons. The van der Waals surface area contributed by atoms with Gasteiger partial charge < -0.3 is 21.2 Å². The van der Waals surface area contributed by atoms with Gasteiger partial charge in [-0.25, -0.2) is 0 Å². The molecule has 1 aromatic carbocycles. The van der Waals surface area contributed by atoms with Gasteiger partial charge in [0.15, 0.2) is 0 Å². The molecule has 1 atom stereocenters. The summed E-state index contributed by atoms with van der Waals surface area (Å²) in [6, 6.07) is 10.1. The molecule has 0 saturated carbocycles. The Kier molecular flexibility index (Phi) is 6.65. The van der Waals surface area contributed by atoms with Crippen LogP contribution in [0.15, 0.2) is 35.5 Å². The van der Waals surface area contributed by atoms with Crippen LogP contribution in [-0.4, -0.2) is 43.1 Å². The minimum atomic E-state index is 0.0449. The second-order valence-corrected chi connectivity index (χ2v) is 6.54. The smallest absolute Gasteiger partial charge is 0.141 e. The largest absolute Gasteiger partial charge is 0.409 e. The summed E-state index contributed by atoms with van der Waals surface area (Å²) in [6.07, 6.45) is 0.485. The lowest BCUT2D eigenvalue weighted by atomic mass is 9.91. The zero-order valence-corrected chi connectivity index (χ0v) is 13.5. The molecule has 1 unspecified atom stereocenters. The third-order valence-electron chi connectivity index (χ3n) is 3.31. The minimum absolute atomic E-state index is 0.0449. The number of nitrogens with zero attached hydrogens (tertiary/aromatic N) is 2. The molecule has 4 N–H and O–H groups in total. The van der Waals surface area contributed by atoms with Gasteiger partial charge in [-0.2, -0.15) is 0 Å². The van der Waals surface area contributed by atoms with E-state index in [0.717, 1.165) is 18.7 Å². The summed E-state index contributed by atoms with van der Waals surface area (Å²) in [5.74, 6) is 0.238. The summed E-state index contributed by atoms with van der Waals surface area (Å²) in [5, 5.41) is 15.4. The first-order valence-corrected chi connectivity index (χ1v) is 7.23. The third kappa shape index (κ3) is 6.60. The number of oxime groups is 1. The first-order chi connectivity index (χ1) is 9.84. The molecule has 21 heavy (non-hydrogen) atoms. The lowest BCUT2D eigenvalue weighted by molar-refractivity contribution is 0.225. The van der Waals surface area contributed by atoms with Gasteiger partial charge in [0.1, 0.15) is 5.84 Å². The summed E-state index contributed by atoms with van der Waals surface area (Å²) in [7, 11) is 4.15. The van der Waals surface area contributed by atoms with Gasteiger partial charge in [0.25, 0.3) is 0 Å². The van der Waals surface area contributed by atoms with E-state index in [9.17, 15) is 0 Å². The fourth-order valence-electron chi connectivity index (χ4n) is 2.55. The second-order valence-electron chi connectivity index (χ2n) is 6.54. The van der Waals surface area contributed by atoms with E-state index in [2.05, 4.69) is 55.4 Å². The molecule has 0 radical (unpaired) electrons. The van der Waals surface area contributed by atoms with Crippen LogP contribution in [-0.2, 0) is 0 Å². The third-order valence-corrected chi connectivity index (χ3v) is 3.31. The highest BCUT2D eigenvalue weighted by atomic mass is 16.4. The first kappa shape index (κ1) is 17.5. The standard InChI is InChI=1S/C16H28N4O/c1-16(2,12-20(3)4)11-18-14(10-15(17)19-21)13-8-6-5-7-9-13/h5-9,14,18,21H,10-12H2,1-4H3,(H2,17,19). The Balaban J connectivity index is 2.74. The monoisotopic (exact) mass is 292 g/mol. The van der Waals surface area contributed by atoms with Crippen LogP contribution in [0, 0.1) is 5.41 Å². The number of hydrogen-bond donors (Lipinski definition) is 3. The lowest BCUT2D eigenvalue weighted by Gasteiger charge is -2.31. The molecule has 5 nitrogen and oxygen atoms in total. The molecule has 0 aliphatic rings. The molecule has 0 spiro atoms. The van der Waals surface area contributed by atoms with Crippen molar-refractivity contribution in [3.8, 4) is 0 Å². The van der Waals surface area contributed by atoms with Crippen molar-refractivity contribution in [2.24, 2.45) is 16.3 Å². The van der Waals surface area contributed by atoms with Crippen molar-refractivity contribution in [3.63, 3.8) is 0 Å². The van der Waals surface area contributed by atoms with E-state index >= 15 is 0 Å². The van der Waals surface area contributed by atoms with Gasteiger partial charge in [-0.3, -0.25) is 0 Å². The van der Waals surface area contributed by atoms with E-state index in [-0.39, 0.29) is 17.3 Å². The SMILES string of the molecule is CN(C)CC(C)(C)CNC(CC(N)=NO)c1ccccc1. The predicted octanol–water partition coefficient (Wildman–Crippen LogP) is 2.04. The fourth-order valence-corrected chi connectivity index (χ4v) is 2.55. The number of rotatable bonds is 8. The molecule has 0 aliphatic carbocycles. The molecule has 0 aromatic heterocycles. The van der Waals surface area contributed by atoms with Crippen molar-refractivity contribution >= 4 is 5.84 Å². The molecule has 0 bridgehead atoms. The summed E-state index contributed by atoms with van der Waals surface area (Å²) in [5.41, 5.74) is 6.97. The average Bonchev–Trinajstić information content (AvgIpc) is 2.42. The van der Waals surface area contributed by atoms with Crippen molar-refractivity contribution < 1.29 is 5.21 Å². The zero-order chi connectivity index (χ0) is 15.9. The predicted molar refractivity (Wildman–Crippen MR) is 87.5 cm³/mol. The van der Waals surface area contributed by atoms with Gasteiger partial charge >= 0.3 is 0 Å². The Morgan fingerprint density at radius 1 is 1.33 bits per heavy atom. The Labute approximate surface area is 127 Å². The van der Waals surface area contributed by atoms with Gasteiger partial charge in [0, 0.05) is 25.6 Å². The van der Waals surface area contributed by atoms with Gasteiger partial charge in [-0.1, -0.05) is 49.3 Å². The Hall–Kier alpha value is -1.59. The molecular formula is C16H28N4O. The highest BCUT2D eigenvalue weighted by molar-refractivity contribution is 5.80. The summed E-state index contributed by atoms with van der Waals surface area (Å²) >= 11 is 0. The van der Waals surface area contributed by atoms with Crippen LogP contribution in [0.1, 0.15) is 31.9 Å². The normalized spacial score (nSPS) is 14.4. The number of benzene rings is 1. The van der Waals surface area contributed by atoms with Gasteiger partial charge in [-0.05, 0) is 25.1 Å². The van der Waals surface area contributed by atoms with Crippen LogP contribution in [0.5, 0.6) is 0 Å². The molecule has 0 amide bonds. The summed E-state index contributed by atoms with van der Waals surface area (Å²) in [6.45, 7) is 6.30. The van der Waals surface area contributed by atoms with Gasteiger partial charge in [-0.15, -0.1) is 0 Å². The average molecular weight is 292 g/mol. The maximum atomic E-state index is 8.81. The Morgan fingerprint density at radius 2 is 1.95 bits per heavy atom. The molecule has 0 saturated heterocycles. The van der Waals surface area contributed by atoms with Crippen LogP contribution in [0.25, 0.3) is 0 Å². The van der Waals surface area contributed by atoms with E-state index in [4.69, 9.17) is 10.9 Å². The van der Waals surface area contributed by atoms with Gasteiger partial charge in [0.2, 0.25) is 0 Å². The highest BCUT2D eigenvalue weighted by Gasteiger charge is 2.21. The van der Waals surface area contributed by atoms with Crippen molar-refractivity contribution in [3.05, 3.63) is 35.9 Å². The fraction of sp³-hybridized carbons (Fsp3) is 0.562. The van der Waals surface area contributed by atoms with Crippen molar-refractivity contribution in [2.45, 2.75) is 26.3 Å². The van der Waals surface area contributed by atoms with Gasteiger partial charge in [0.05, 0.1) is 0 Å². The van der Waals surface area contributed by atoms with Crippen LogP contribution >= 0.6 is 0 Å². The minimum Gasteiger partial charge on any atom is -0.409 e. The number of nitrogens with one attached hydrogen (secondary N) is 1. The van der Waals surface area contributed by atoms with Crippen molar-refractivity contribution in [2.75, 3.05) is 27.2 Å². The van der Waals surface area contributed by atoms with E-state index in [1.807, 2.05) is 18.2 Å². The number of hydrogen-bond acceptors (Lipinski definition) is 4. The van der Waals surface area contributed by atoms with Crippen LogP contribution in [0.4, 0.5) is 0 Å². The molecule has 5 heteroatoms. The summed E-state index contributed by atoms with van der Waals surface area (Å²) < 4.78 is 0. The zero-order valence-electron chi connectivity index (χ0n) is 13.5. The van der Waals surface area contributed by atoms with E-state index in [1.54, 1.807) is 0 Å². The Morgan fingerprint density at radius 3 is 2.48 bits per heavy atom. The highest BCUT2D eigenvalue weighted by Crippen LogP contribution is 2.20. The molecule has 1 rings (SSSR count). The molecule has 1 aromatic rings. The molecular weight excluding hydrogens is 264 g/mol. The maximum absolute atomic E-state index is 8.81. The molecule has 0 aliphatic heterocycles. The number of amidine groups is 1. The quantitative estimate of drug-likeness (QED) is 0.297. The number of nitrogens with two attached hydrogens (primary N) is 1. The first-order valence-electron chi connectivity index (χ1n) is 7.23. The van der Waals surface area contributed by atoms with E-state index in [1.165, 1.54) is 0 Å².